The molecule has 4 nitrogen and oxygen atoms in total. The summed E-state index contributed by atoms with van der Waals surface area (Å²) >= 11 is 1.02. The van der Waals surface area contributed by atoms with Crippen molar-refractivity contribution in [3.8, 4) is 0 Å². The van der Waals surface area contributed by atoms with Crippen LogP contribution in [-0.2, 0) is 4.79 Å². The van der Waals surface area contributed by atoms with Gasteiger partial charge in [0.15, 0.2) is 0 Å². The number of carbonyl (C=O) groups is 1. The molecule has 0 atom stereocenters. The molecule has 2 rings (SSSR count). The van der Waals surface area contributed by atoms with Crippen molar-refractivity contribution < 1.29 is 9.21 Å². The first-order chi connectivity index (χ1) is 6.65. The SMILES string of the molecule is CC(=O)Nc1ccc2oc(=O)sc2c1. The van der Waals surface area contributed by atoms with Crippen LogP contribution in [0.4, 0.5) is 5.69 Å². The number of nitrogens with one attached hydrogen (secondary N) is 1. The van der Waals surface area contributed by atoms with Crippen LogP contribution in [0, 0.1) is 0 Å². The molecule has 72 valence electrons. The Morgan fingerprint density at radius 2 is 2.29 bits per heavy atom. The lowest BCUT2D eigenvalue weighted by Gasteiger charge is -1.99. The van der Waals surface area contributed by atoms with E-state index in [1.54, 1.807) is 18.2 Å². The van der Waals surface area contributed by atoms with E-state index >= 15 is 0 Å². The van der Waals surface area contributed by atoms with Crippen LogP contribution in [-0.4, -0.2) is 5.91 Å². The fraction of sp³-hybridized carbons (Fsp3) is 0.111. The van der Waals surface area contributed by atoms with Gasteiger partial charge in [0.1, 0.15) is 5.58 Å². The lowest BCUT2D eigenvalue weighted by Crippen LogP contribution is -2.04. The minimum absolute atomic E-state index is 0.139. The van der Waals surface area contributed by atoms with Crippen LogP contribution < -0.4 is 10.3 Å². The fourth-order valence-electron chi connectivity index (χ4n) is 1.15. The summed E-state index contributed by atoms with van der Waals surface area (Å²) in [6.07, 6.45) is 0. The number of benzene rings is 1. The molecule has 5 heteroatoms. The summed E-state index contributed by atoms with van der Waals surface area (Å²) in [5.74, 6) is -0.139. The quantitative estimate of drug-likeness (QED) is 0.779. The van der Waals surface area contributed by atoms with Gasteiger partial charge >= 0.3 is 4.94 Å². The summed E-state index contributed by atoms with van der Waals surface area (Å²) in [7, 11) is 0. The molecule has 1 N–H and O–H groups in total. The molecule has 1 aromatic heterocycles. The molecule has 0 fully saturated rings. The summed E-state index contributed by atoms with van der Waals surface area (Å²) in [5.41, 5.74) is 1.22. The van der Waals surface area contributed by atoms with E-state index in [0.29, 0.717) is 11.3 Å². The second kappa shape index (κ2) is 3.26. The second-order valence-corrected chi connectivity index (χ2v) is 3.77. The Kier molecular flexibility index (Phi) is 2.09. The number of fused-ring (bicyclic) bond motifs is 1. The Morgan fingerprint density at radius 1 is 1.50 bits per heavy atom. The Hall–Kier alpha value is -1.62. The molecule has 0 unspecified atom stereocenters. The fourth-order valence-corrected chi connectivity index (χ4v) is 1.86. The second-order valence-electron chi connectivity index (χ2n) is 2.80. The van der Waals surface area contributed by atoms with Crippen molar-refractivity contribution in [2.45, 2.75) is 6.92 Å². The minimum atomic E-state index is -0.333. The molecule has 0 aliphatic heterocycles. The van der Waals surface area contributed by atoms with E-state index in [1.165, 1.54) is 6.92 Å². The molecular formula is C9H7NO3S. The highest BCUT2D eigenvalue weighted by atomic mass is 32.1. The molecule has 0 aliphatic rings. The van der Waals surface area contributed by atoms with Gasteiger partial charge in [-0.05, 0) is 18.2 Å². The Labute approximate surface area is 83.2 Å². The largest absolute Gasteiger partial charge is 0.414 e. The summed E-state index contributed by atoms with van der Waals surface area (Å²) in [5, 5.41) is 2.63. The summed E-state index contributed by atoms with van der Waals surface area (Å²) < 4.78 is 5.62. The third-order valence-electron chi connectivity index (χ3n) is 1.65. The molecule has 0 saturated carbocycles. The molecule has 2 aromatic rings. The molecule has 14 heavy (non-hydrogen) atoms. The predicted octanol–water partition coefficient (Wildman–Crippen LogP) is 1.81. The first kappa shape index (κ1) is 8.96. The lowest BCUT2D eigenvalue weighted by molar-refractivity contribution is -0.114. The monoisotopic (exact) mass is 209 g/mol. The smallest absolute Gasteiger partial charge is 0.396 e. The predicted molar refractivity (Wildman–Crippen MR) is 54.7 cm³/mol. The minimum Gasteiger partial charge on any atom is -0.414 e. The van der Waals surface area contributed by atoms with Crippen molar-refractivity contribution in [2.75, 3.05) is 5.32 Å². The number of hydrogen-bond donors (Lipinski definition) is 1. The van der Waals surface area contributed by atoms with Crippen LogP contribution in [0.3, 0.4) is 0 Å². The molecule has 0 bridgehead atoms. The van der Waals surface area contributed by atoms with Crippen molar-refractivity contribution in [1.82, 2.24) is 0 Å². The average molecular weight is 209 g/mol. The molecule has 1 amide bonds. The van der Waals surface area contributed by atoms with Gasteiger partial charge in [-0.25, -0.2) is 4.79 Å². The van der Waals surface area contributed by atoms with Crippen molar-refractivity contribution in [3.05, 3.63) is 27.9 Å². The van der Waals surface area contributed by atoms with E-state index in [4.69, 9.17) is 4.42 Å². The number of hydrogen-bond acceptors (Lipinski definition) is 4. The number of rotatable bonds is 1. The maximum atomic E-state index is 10.9. The summed E-state index contributed by atoms with van der Waals surface area (Å²) in [6, 6.07) is 5.07. The van der Waals surface area contributed by atoms with Crippen LogP contribution >= 0.6 is 11.3 Å². The zero-order chi connectivity index (χ0) is 10.1. The zero-order valence-electron chi connectivity index (χ0n) is 7.37. The Bertz CT molecular complexity index is 540. The van der Waals surface area contributed by atoms with Gasteiger partial charge in [0.25, 0.3) is 0 Å². The average Bonchev–Trinajstić information content (AvgIpc) is 2.42. The van der Waals surface area contributed by atoms with Gasteiger partial charge in [-0.2, -0.15) is 0 Å². The van der Waals surface area contributed by atoms with Gasteiger partial charge in [-0.3, -0.25) is 4.79 Å². The normalized spacial score (nSPS) is 10.4. The van der Waals surface area contributed by atoms with Gasteiger partial charge in [0, 0.05) is 12.6 Å². The van der Waals surface area contributed by atoms with Crippen molar-refractivity contribution >= 4 is 33.2 Å². The summed E-state index contributed by atoms with van der Waals surface area (Å²) in [4.78, 5) is 21.3. The van der Waals surface area contributed by atoms with Crippen molar-refractivity contribution in [1.29, 1.82) is 0 Å². The molecule has 0 aliphatic carbocycles. The van der Waals surface area contributed by atoms with E-state index < -0.39 is 0 Å². The third kappa shape index (κ3) is 1.67. The van der Waals surface area contributed by atoms with E-state index in [-0.39, 0.29) is 10.8 Å². The van der Waals surface area contributed by atoms with E-state index in [0.717, 1.165) is 16.0 Å². The van der Waals surface area contributed by atoms with Gasteiger partial charge in [-0.1, -0.05) is 11.3 Å². The van der Waals surface area contributed by atoms with Gasteiger partial charge in [0.2, 0.25) is 5.91 Å². The third-order valence-corrected chi connectivity index (χ3v) is 2.44. The Morgan fingerprint density at radius 3 is 3.00 bits per heavy atom. The molecule has 0 saturated heterocycles. The standard InChI is InChI=1S/C9H7NO3S/c1-5(11)10-6-2-3-7-8(4-6)14-9(12)13-7/h2-4H,1H3,(H,10,11). The van der Waals surface area contributed by atoms with Crippen LogP contribution in [0.5, 0.6) is 0 Å². The van der Waals surface area contributed by atoms with Gasteiger partial charge in [0.05, 0.1) is 4.70 Å². The number of amides is 1. The van der Waals surface area contributed by atoms with Crippen molar-refractivity contribution in [3.63, 3.8) is 0 Å². The first-order valence-electron chi connectivity index (χ1n) is 3.96. The molecule has 0 radical (unpaired) electrons. The highest BCUT2D eigenvalue weighted by Gasteiger charge is 2.03. The van der Waals surface area contributed by atoms with Crippen LogP contribution in [0.25, 0.3) is 10.3 Å². The van der Waals surface area contributed by atoms with Gasteiger partial charge in [-0.15, -0.1) is 0 Å². The van der Waals surface area contributed by atoms with Crippen LogP contribution in [0.2, 0.25) is 0 Å². The maximum absolute atomic E-state index is 10.9. The highest BCUT2D eigenvalue weighted by Crippen LogP contribution is 2.21. The maximum Gasteiger partial charge on any atom is 0.396 e. The lowest BCUT2D eigenvalue weighted by atomic mass is 10.3. The molecule has 1 heterocycles. The molecule has 1 aromatic carbocycles. The van der Waals surface area contributed by atoms with Crippen LogP contribution in [0.15, 0.2) is 27.4 Å². The van der Waals surface area contributed by atoms with Gasteiger partial charge < -0.3 is 9.73 Å². The van der Waals surface area contributed by atoms with Crippen LogP contribution in [0.1, 0.15) is 6.92 Å². The zero-order valence-corrected chi connectivity index (χ0v) is 8.18. The van der Waals surface area contributed by atoms with E-state index in [1.807, 2.05) is 0 Å². The first-order valence-corrected chi connectivity index (χ1v) is 4.78. The Balaban J connectivity index is 2.50. The van der Waals surface area contributed by atoms with Crippen molar-refractivity contribution in [2.24, 2.45) is 0 Å². The number of carbonyl (C=O) groups excluding carboxylic acids is 1. The number of anilines is 1. The highest BCUT2D eigenvalue weighted by molar-refractivity contribution is 7.16. The molecular weight excluding hydrogens is 202 g/mol. The van der Waals surface area contributed by atoms with E-state index in [9.17, 15) is 9.59 Å². The summed E-state index contributed by atoms with van der Waals surface area (Å²) in [6.45, 7) is 1.43. The topological polar surface area (TPSA) is 59.3 Å². The van der Waals surface area contributed by atoms with E-state index in [2.05, 4.69) is 5.32 Å². The molecule has 0 spiro atoms.